The van der Waals surface area contributed by atoms with Crippen LogP contribution in [0.15, 0.2) is 76.1 Å². The largest absolute Gasteiger partial charge is 0.507 e. The number of aliphatic imine (C=N–C) groups is 1. The predicted octanol–water partition coefficient (Wildman–Crippen LogP) is 5.57. The number of para-hydroxylation sites is 1. The maximum absolute atomic E-state index is 10.4. The highest BCUT2D eigenvalue weighted by atomic mass is 16.5. The van der Waals surface area contributed by atoms with Crippen molar-refractivity contribution in [1.82, 2.24) is 0 Å². The highest BCUT2D eigenvalue weighted by Crippen LogP contribution is 2.44. The van der Waals surface area contributed by atoms with E-state index in [1.807, 2.05) is 54.6 Å². The molecule has 0 unspecified atom stereocenters. The van der Waals surface area contributed by atoms with Crippen LogP contribution in [0.3, 0.4) is 0 Å². The molecule has 0 spiro atoms. The molecular weight excluding hydrogens is 354 g/mol. The first-order valence-corrected chi connectivity index (χ1v) is 8.77. The number of hydrogen-bond donors (Lipinski definition) is 1. The van der Waals surface area contributed by atoms with Crippen LogP contribution < -0.4 is 9.47 Å². The van der Waals surface area contributed by atoms with E-state index in [4.69, 9.17) is 13.9 Å². The van der Waals surface area contributed by atoms with Crippen LogP contribution in [0.25, 0.3) is 22.1 Å². The Morgan fingerprint density at radius 2 is 1.68 bits per heavy atom. The predicted molar refractivity (Wildman–Crippen MR) is 110 cm³/mol. The molecule has 0 fully saturated rings. The zero-order valence-corrected chi connectivity index (χ0v) is 15.5. The molecule has 1 heterocycles. The van der Waals surface area contributed by atoms with Gasteiger partial charge in [-0.05, 0) is 42.0 Å². The van der Waals surface area contributed by atoms with E-state index in [0.717, 1.165) is 28.2 Å². The molecule has 5 nitrogen and oxygen atoms in total. The lowest BCUT2D eigenvalue weighted by molar-refractivity contribution is 0.414. The number of nitrogens with zero attached hydrogens (tertiary/aromatic N) is 1. The molecule has 4 aromatic rings. The van der Waals surface area contributed by atoms with Gasteiger partial charge >= 0.3 is 0 Å². The Morgan fingerprint density at radius 3 is 2.43 bits per heavy atom. The highest BCUT2D eigenvalue weighted by Gasteiger charge is 2.18. The van der Waals surface area contributed by atoms with Gasteiger partial charge in [0, 0.05) is 11.8 Å². The van der Waals surface area contributed by atoms with Crippen molar-refractivity contribution in [2.45, 2.75) is 0 Å². The standard InChI is InChI=1S/C23H19NO4/c1-26-17-12-10-15(11-13-17)21-22-18(25)7-5-9-20(22)28-23(21)24-14-16-6-3-4-8-19(16)27-2/h3-14,25H,1-2H3. The van der Waals surface area contributed by atoms with Gasteiger partial charge in [0.15, 0.2) is 0 Å². The van der Waals surface area contributed by atoms with E-state index in [0.29, 0.717) is 16.9 Å². The summed E-state index contributed by atoms with van der Waals surface area (Å²) in [7, 11) is 3.24. The van der Waals surface area contributed by atoms with Crippen LogP contribution in [0.5, 0.6) is 17.2 Å². The Hall–Kier alpha value is -3.73. The van der Waals surface area contributed by atoms with Gasteiger partial charge in [-0.25, -0.2) is 4.99 Å². The normalized spacial score (nSPS) is 11.2. The van der Waals surface area contributed by atoms with E-state index in [1.165, 1.54) is 0 Å². The molecule has 5 heteroatoms. The summed E-state index contributed by atoms with van der Waals surface area (Å²) in [5.41, 5.74) is 2.99. The molecular formula is C23H19NO4. The molecule has 0 aliphatic rings. The molecule has 0 radical (unpaired) electrons. The molecule has 4 rings (SSSR count). The number of benzene rings is 3. The smallest absolute Gasteiger partial charge is 0.228 e. The first kappa shape index (κ1) is 17.7. The molecule has 3 aromatic carbocycles. The van der Waals surface area contributed by atoms with Crippen molar-refractivity contribution in [1.29, 1.82) is 0 Å². The Morgan fingerprint density at radius 1 is 0.893 bits per heavy atom. The second-order valence-electron chi connectivity index (χ2n) is 6.16. The minimum atomic E-state index is 0.144. The van der Waals surface area contributed by atoms with E-state index in [2.05, 4.69) is 4.99 Å². The summed E-state index contributed by atoms with van der Waals surface area (Å²) in [5.74, 6) is 2.02. The number of ether oxygens (including phenoxy) is 2. The van der Waals surface area contributed by atoms with Crippen molar-refractivity contribution in [3.05, 3.63) is 72.3 Å². The topological polar surface area (TPSA) is 64.2 Å². The van der Waals surface area contributed by atoms with Crippen LogP contribution in [0.2, 0.25) is 0 Å². The molecule has 0 saturated heterocycles. The third-order valence-electron chi connectivity index (χ3n) is 4.51. The summed E-state index contributed by atoms with van der Waals surface area (Å²) in [4.78, 5) is 4.57. The number of rotatable bonds is 5. The summed E-state index contributed by atoms with van der Waals surface area (Å²) in [6, 6.07) is 20.3. The Labute approximate surface area is 162 Å². The molecule has 1 aromatic heterocycles. The number of methoxy groups -OCH3 is 2. The van der Waals surface area contributed by atoms with Gasteiger partial charge in [0.25, 0.3) is 0 Å². The van der Waals surface area contributed by atoms with Gasteiger partial charge in [-0.1, -0.05) is 30.3 Å². The van der Waals surface area contributed by atoms with Gasteiger partial charge < -0.3 is 19.0 Å². The van der Waals surface area contributed by atoms with E-state index in [-0.39, 0.29) is 5.75 Å². The monoisotopic (exact) mass is 373 g/mol. The van der Waals surface area contributed by atoms with Gasteiger partial charge in [0.2, 0.25) is 5.88 Å². The molecule has 0 aliphatic heterocycles. The van der Waals surface area contributed by atoms with E-state index < -0.39 is 0 Å². The van der Waals surface area contributed by atoms with Gasteiger partial charge in [0.1, 0.15) is 22.8 Å². The third-order valence-corrected chi connectivity index (χ3v) is 4.51. The third kappa shape index (κ3) is 3.18. The first-order chi connectivity index (χ1) is 13.7. The van der Waals surface area contributed by atoms with Gasteiger partial charge in [0.05, 0.1) is 25.2 Å². The van der Waals surface area contributed by atoms with Crippen molar-refractivity contribution >= 4 is 23.1 Å². The Balaban J connectivity index is 1.88. The van der Waals surface area contributed by atoms with Crippen LogP contribution in [-0.4, -0.2) is 25.5 Å². The summed E-state index contributed by atoms with van der Waals surface area (Å²) < 4.78 is 16.6. The van der Waals surface area contributed by atoms with Crippen LogP contribution in [0.1, 0.15) is 5.56 Å². The molecule has 0 aliphatic carbocycles. The summed E-state index contributed by atoms with van der Waals surface area (Å²) in [5, 5.41) is 11.1. The minimum Gasteiger partial charge on any atom is -0.507 e. The van der Waals surface area contributed by atoms with Crippen LogP contribution >= 0.6 is 0 Å². The van der Waals surface area contributed by atoms with Crippen molar-refractivity contribution in [3.63, 3.8) is 0 Å². The van der Waals surface area contributed by atoms with Crippen molar-refractivity contribution < 1.29 is 19.0 Å². The highest BCUT2D eigenvalue weighted by molar-refractivity contribution is 6.04. The molecule has 140 valence electrons. The SMILES string of the molecule is COc1ccc(-c2c(N=Cc3ccccc3OC)oc3cccc(O)c23)cc1. The quantitative estimate of drug-likeness (QED) is 0.464. The lowest BCUT2D eigenvalue weighted by Gasteiger charge is -2.05. The van der Waals surface area contributed by atoms with E-state index in [1.54, 1.807) is 32.6 Å². The summed E-state index contributed by atoms with van der Waals surface area (Å²) >= 11 is 0. The van der Waals surface area contributed by atoms with Crippen molar-refractivity contribution in [2.24, 2.45) is 4.99 Å². The number of phenolic OH excluding ortho intramolecular Hbond substituents is 1. The van der Waals surface area contributed by atoms with Gasteiger partial charge in [-0.2, -0.15) is 0 Å². The average molecular weight is 373 g/mol. The molecule has 0 amide bonds. The average Bonchev–Trinajstić information content (AvgIpc) is 3.12. The number of furan rings is 1. The number of phenols is 1. The molecule has 0 saturated carbocycles. The Kier molecular flexibility index (Phi) is 4.72. The van der Waals surface area contributed by atoms with Crippen molar-refractivity contribution in [2.75, 3.05) is 14.2 Å². The molecule has 0 bridgehead atoms. The van der Waals surface area contributed by atoms with Crippen LogP contribution in [-0.2, 0) is 0 Å². The first-order valence-electron chi connectivity index (χ1n) is 8.77. The fraction of sp³-hybridized carbons (Fsp3) is 0.0870. The zero-order chi connectivity index (χ0) is 19.5. The van der Waals surface area contributed by atoms with Crippen LogP contribution in [0, 0.1) is 0 Å². The zero-order valence-electron chi connectivity index (χ0n) is 15.5. The minimum absolute atomic E-state index is 0.144. The number of hydrogen-bond acceptors (Lipinski definition) is 5. The van der Waals surface area contributed by atoms with E-state index >= 15 is 0 Å². The molecule has 0 atom stereocenters. The second kappa shape index (κ2) is 7.48. The van der Waals surface area contributed by atoms with Crippen LogP contribution in [0.4, 0.5) is 5.88 Å². The second-order valence-corrected chi connectivity index (χ2v) is 6.16. The molecule has 28 heavy (non-hydrogen) atoms. The van der Waals surface area contributed by atoms with Gasteiger partial charge in [-0.15, -0.1) is 0 Å². The number of aromatic hydroxyl groups is 1. The maximum Gasteiger partial charge on any atom is 0.228 e. The molecule has 1 N–H and O–H groups in total. The van der Waals surface area contributed by atoms with Gasteiger partial charge in [-0.3, -0.25) is 0 Å². The lowest BCUT2D eigenvalue weighted by Crippen LogP contribution is -1.89. The summed E-state index contributed by atoms with van der Waals surface area (Å²) in [6.45, 7) is 0. The summed E-state index contributed by atoms with van der Waals surface area (Å²) in [6.07, 6.45) is 1.70. The fourth-order valence-corrected chi connectivity index (χ4v) is 3.14. The number of fused-ring (bicyclic) bond motifs is 1. The lowest BCUT2D eigenvalue weighted by atomic mass is 10.0. The Bertz CT molecular complexity index is 1140. The van der Waals surface area contributed by atoms with E-state index in [9.17, 15) is 5.11 Å². The maximum atomic E-state index is 10.4. The fourth-order valence-electron chi connectivity index (χ4n) is 3.14. The van der Waals surface area contributed by atoms with Crippen molar-refractivity contribution in [3.8, 4) is 28.4 Å².